The predicted octanol–water partition coefficient (Wildman–Crippen LogP) is 1.66. The van der Waals surface area contributed by atoms with Gasteiger partial charge in [0.05, 0.1) is 0 Å². The standard InChI is InChI=1S/C13H13NO3/c1-2-10-17-12(15)8-9-14-13(16)11-6-4-3-5-7-11/h2-9H,1,10H2,(H,14,16)/b9-8+. The Morgan fingerprint density at radius 2 is 2.00 bits per heavy atom. The van der Waals surface area contributed by atoms with E-state index >= 15 is 0 Å². The van der Waals surface area contributed by atoms with Crippen LogP contribution in [-0.4, -0.2) is 18.5 Å². The van der Waals surface area contributed by atoms with Crippen LogP contribution in [0, 0.1) is 0 Å². The summed E-state index contributed by atoms with van der Waals surface area (Å²) in [5.41, 5.74) is 0.525. The summed E-state index contributed by atoms with van der Waals surface area (Å²) in [4.78, 5) is 22.5. The summed E-state index contributed by atoms with van der Waals surface area (Å²) in [6.45, 7) is 3.56. The van der Waals surface area contributed by atoms with Crippen LogP contribution in [0.15, 0.2) is 55.3 Å². The number of rotatable bonds is 5. The lowest BCUT2D eigenvalue weighted by Crippen LogP contribution is -2.17. The van der Waals surface area contributed by atoms with Crippen LogP contribution >= 0.6 is 0 Å². The summed E-state index contributed by atoms with van der Waals surface area (Å²) in [5, 5.41) is 2.46. The van der Waals surface area contributed by atoms with Crippen molar-refractivity contribution in [2.24, 2.45) is 0 Å². The van der Waals surface area contributed by atoms with Crippen LogP contribution < -0.4 is 5.32 Å². The number of nitrogens with one attached hydrogen (secondary N) is 1. The van der Waals surface area contributed by atoms with Crippen LogP contribution in [0.2, 0.25) is 0 Å². The fourth-order valence-corrected chi connectivity index (χ4v) is 1.05. The number of benzene rings is 1. The number of hydrogen-bond acceptors (Lipinski definition) is 3. The van der Waals surface area contributed by atoms with Gasteiger partial charge in [-0.2, -0.15) is 0 Å². The Labute approximate surface area is 99.6 Å². The first kappa shape index (κ1) is 12.7. The maximum atomic E-state index is 11.5. The average Bonchev–Trinajstić information content (AvgIpc) is 2.37. The summed E-state index contributed by atoms with van der Waals surface area (Å²) in [6.07, 6.45) is 3.86. The van der Waals surface area contributed by atoms with Crippen LogP contribution in [0.3, 0.4) is 0 Å². The summed E-state index contributed by atoms with van der Waals surface area (Å²) < 4.78 is 4.68. The van der Waals surface area contributed by atoms with Gasteiger partial charge in [0.25, 0.3) is 5.91 Å². The van der Waals surface area contributed by atoms with E-state index in [2.05, 4.69) is 16.6 Å². The van der Waals surface area contributed by atoms with Crippen molar-refractivity contribution in [2.75, 3.05) is 6.61 Å². The average molecular weight is 231 g/mol. The fourth-order valence-electron chi connectivity index (χ4n) is 1.05. The first-order valence-corrected chi connectivity index (χ1v) is 5.04. The highest BCUT2D eigenvalue weighted by Crippen LogP contribution is 1.97. The molecule has 1 amide bonds. The van der Waals surface area contributed by atoms with Gasteiger partial charge in [-0.25, -0.2) is 4.79 Å². The molecule has 0 unspecified atom stereocenters. The van der Waals surface area contributed by atoms with Gasteiger partial charge in [0.1, 0.15) is 6.61 Å². The van der Waals surface area contributed by atoms with Gasteiger partial charge >= 0.3 is 5.97 Å². The first-order chi connectivity index (χ1) is 8.24. The van der Waals surface area contributed by atoms with E-state index in [9.17, 15) is 9.59 Å². The molecule has 1 rings (SSSR count). The Morgan fingerprint density at radius 3 is 2.65 bits per heavy atom. The molecule has 1 N–H and O–H groups in total. The van der Waals surface area contributed by atoms with Gasteiger partial charge in [-0.1, -0.05) is 30.9 Å². The third-order valence-corrected chi connectivity index (χ3v) is 1.81. The van der Waals surface area contributed by atoms with E-state index < -0.39 is 5.97 Å². The van der Waals surface area contributed by atoms with Gasteiger partial charge in [0.15, 0.2) is 0 Å². The van der Waals surface area contributed by atoms with Crippen LogP contribution in [0.4, 0.5) is 0 Å². The van der Waals surface area contributed by atoms with E-state index in [-0.39, 0.29) is 12.5 Å². The second-order valence-electron chi connectivity index (χ2n) is 3.09. The summed E-state index contributed by atoms with van der Waals surface area (Å²) >= 11 is 0. The second kappa shape index (κ2) is 7.00. The zero-order chi connectivity index (χ0) is 12.5. The van der Waals surface area contributed by atoms with Crippen LogP contribution in [0.1, 0.15) is 10.4 Å². The zero-order valence-corrected chi connectivity index (χ0v) is 9.26. The highest BCUT2D eigenvalue weighted by Gasteiger charge is 2.01. The molecule has 1 aromatic carbocycles. The van der Waals surface area contributed by atoms with Gasteiger partial charge in [0, 0.05) is 17.8 Å². The molecule has 88 valence electrons. The fraction of sp³-hybridized carbons (Fsp3) is 0.0769. The lowest BCUT2D eigenvalue weighted by molar-refractivity contribution is -0.136. The molecule has 4 heteroatoms. The van der Waals surface area contributed by atoms with Gasteiger partial charge in [-0.3, -0.25) is 4.79 Å². The van der Waals surface area contributed by atoms with E-state index in [1.807, 2.05) is 6.07 Å². The summed E-state index contributed by atoms with van der Waals surface area (Å²) in [6, 6.07) is 8.70. The van der Waals surface area contributed by atoms with E-state index in [1.165, 1.54) is 12.3 Å². The molecule has 0 aliphatic carbocycles. The highest BCUT2D eigenvalue weighted by atomic mass is 16.5. The van der Waals surface area contributed by atoms with E-state index in [4.69, 9.17) is 0 Å². The topological polar surface area (TPSA) is 55.4 Å². The molecule has 0 aliphatic rings. The molecule has 0 spiro atoms. The van der Waals surface area contributed by atoms with Crippen LogP contribution in [0.5, 0.6) is 0 Å². The van der Waals surface area contributed by atoms with Crippen molar-refractivity contribution in [1.82, 2.24) is 5.32 Å². The molecule has 1 aromatic rings. The molecule has 0 saturated heterocycles. The van der Waals surface area contributed by atoms with E-state index in [0.29, 0.717) is 5.56 Å². The monoisotopic (exact) mass is 231 g/mol. The second-order valence-corrected chi connectivity index (χ2v) is 3.09. The molecular weight excluding hydrogens is 218 g/mol. The molecule has 0 bridgehead atoms. The molecule has 0 atom stereocenters. The maximum absolute atomic E-state index is 11.5. The third kappa shape index (κ3) is 4.79. The maximum Gasteiger partial charge on any atom is 0.332 e. The molecule has 0 heterocycles. The molecular formula is C13H13NO3. The molecule has 0 fully saturated rings. The molecule has 0 radical (unpaired) electrons. The minimum absolute atomic E-state index is 0.149. The lowest BCUT2D eigenvalue weighted by Gasteiger charge is -1.99. The molecule has 17 heavy (non-hydrogen) atoms. The Morgan fingerprint density at radius 1 is 1.29 bits per heavy atom. The number of esters is 1. The van der Waals surface area contributed by atoms with Crippen molar-refractivity contribution in [3.05, 3.63) is 60.8 Å². The number of ether oxygens (including phenoxy) is 1. The summed E-state index contributed by atoms with van der Waals surface area (Å²) in [5.74, 6) is -0.809. The van der Waals surface area contributed by atoms with Crippen molar-refractivity contribution in [1.29, 1.82) is 0 Å². The minimum Gasteiger partial charge on any atom is -0.458 e. The SMILES string of the molecule is C=CCOC(=O)/C=C/NC(=O)c1ccccc1. The smallest absolute Gasteiger partial charge is 0.332 e. The predicted molar refractivity (Wildman–Crippen MR) is 64.2 cm³/mol. The van der Waals surface area contributed by atoms with Crippen LogP contribution in [-0.2, 0) is 9.53 Å². The van der Waals surface area contributed by atoms with E-state index in [0.717, 1.165) is 6.08 Å². The molecule has 0 aliphatic heterocycles. The molecule has 0 aromatic heterocycles. The normalized spacial score (nSPS) is 9.88. The third-order valence-electron chi connectivity index (χ3n) is 1.81. The number of carbonyl (C=O) groups excluding carboxylic acids is 2. The van der Waals surface area contributed by atoms with Gasteiger partial charge in [0.2, 0.25) is 0 Å². The van der Waals surface area contributed by atoms with Gasteiger partial charge in [-0.05, 0) is 12.1 Å². The van der Waals surface area contributed by atoms with Crippen molar-refractivity contribution in [3.63, 3.8) is 0 Å². The first-order valence-electron chi connectivity index (χ1n) is 5.04. The quantitative estimate of drug-likeness (QED) is 0.476. The minimum atomic E-state index is -0.529. The lowest BCUT2D eigenvalue weighted by atomic mass is 10.2. The molecule has 0 saturated carbocycles. The Kier molecular flexibility index (Phi) is 5.24. The summed E-state index contributed by atoms with van der Waals surface area (Å²) in [7, 11) is 0. The largest absolute Gasteiger partial charge is 0.458 e. The van der Waals surface area contributed by atoms with Crippen molar-refractivity contribution in [3.8, 4) is 0 Å². The zero-order valence-electron chi connectivity index (χ0n) is 9.26. The van der Waals surface area contributed by atoms with Crippen molar-refractivity contribution < 1.29 is 14.3 Å². The Bertz CT molecular complexity index is 424. The van der Waals surface area contributed by atoms with E-state index in [1.54, 1.807) is 24.3 Å². The van der Waals surface area contributed by atoms with Crippen molar-refractivity contribution in [2.45, 2.75) is 0 Å². The van der Waals surface area contributed by atoms with Gasteiger partial charge in [-0.15, -0.1) is 0 Å². The Balaban J connectivity index is 2.41. The van der Waals surface area contributed by atoms with Crippen LogP contribution in [0.25, 0.3) is 0 Å². The number of carbonyl (C=O) groups is 2. The number of hydrogen-bond donors (Lipinski definition) is 1. The molecule has 4 nitrogen and oxygen atoms in total. The van der Waals surface area contributed by atoms with Crippen molar-refractivity contribution >= 4 is 11.9 Å². The Hall–Kier alpha value is -2.36. The number of amides is 1. The highest BCUT2D eigenvalue weighted by molar-refractivity contribution is 5.95. The van der Waals surface area contributed by atoms with Gasteiger partial charge < -0.3 is 10.1 Å².